The van der Waals surface area contributed by atoms with E-state index in [-0.39, 0.29) is 23.3 Å². The monoisotopic (exact) mass is 394 g/mol. The van der Waals surface area contributed by atoms with Gasteiger partial charge in [0, 0.05) is 12.1 Å². The van der Waals surface area contributed by atoms with Crippen LogP contribution in [0.5, 0.6) is 5.75 Å². The Hall–Kier alpha value is -3.22. The Morgan fingerprint density at radius 3 is 2.59 bits per heavy atom. The first-order valence-corrected chi connectivity index (χ1v) is 9.65. The minimum atomic E-state index is -0.589. The zero-order chi connectivity index (χ0) is 20.5. The number of ether oxygens (including phenoxy) is 1. The van der Waals surface area contributed by atoms with Crippen LogP contribution in [0.2, 0.25) is 0 Å². The SMILES string of the molecule is COc1cccc(F)c1C(=O)N1CCn2nc(-c3ccccc3)nc2[C@@H]1C(C)C. The molecule has 0 aliphatic carbocycles. The van der Waals surface area contributed by atoms with Crippen LogP contribution in [0.15, 0.2) is 48.5 Å². The molecule has 2 heterocycles. The van der Waals surface area contributed by atoms with Gasteiger partial charge < -0.3 is 9.64 Å². The van der Waals surface area contributed by atoms with E-state index in [9.17, 15) is 9.18 Å². The Morgan fingerprint density at radius 1 is 1.14 bits per heavy atom. The first kappa shape index (κ1) is 19.1. The van der Waals surface area contributed by atoms with Gasteiger partial charge in [0.1, 0.15) is 17.1 Å². The molecule has 1 amide bonds. The number of halogens is 1. The molecule has 3 aromatic rings. The van der Waals surface area contributed by atoms with Gasteiger partial charge in [-0.05, 0) is 18.1 Å². The zero-order valence-electron chi connectivity index (χ0n) is 16.7. The molecule has 2 aromatic carbocycles. The molecular weight excluding hydrogens is 371 g/mol. The molecule has 1 atom stereocenters. The van der Waals surface area contributed by atoms with Gasteiger partial charge in [-0.3, -0.25) is 4.79 Å². The van der Waals surface area contributed by atoms with Crippen molar-refractivity contribution >= 4 is 5.91 Å². The molecule has 0 spiro atoms. The van der Waals surface area contributed by atoms with Crippen LogP contribution in [-0.4, -0.2) is 39.2 Å². The van der Waals surface area contributed by atoms with Crippen molar-refractivity contribution in [2.45, 2.75) is 26.4 Å². The van der Waals surface area contributed by atoms with Gasteiger partial charge in [0.15, 0.2) is 11.6 Å². The number of hydrogen-bond acceptors (Lipinski definition) is 4. The predicted molar refractivity (Wildman–Crippen MR) is 107 cm³/mol. The van der Waals surface area contributed by atoms with Crippen LogP contribution in [-0.2, 0) is 6.54 Å². The van der Waals surface area contributed by atoms with E-state index in [2.05, 4.69) is 5.10 Å². The van der Waals surface area contributed by atoms with Crippen LogP contribution in [0, 0.1) is 11.7 Å². The Kier molecular flexibility index (Phi) is 5.05. The summed E-state index contributed by atoms with van der Waals surface area (Å²) in [6, 6.07) is 13.8. The Bertz CT molecular complexity index is 1030. The van der Waals surface area contributed by atoms with Gasteiger partial charge in [0.25, 0.3) is 5.91 Å². The molecule has 0 radical (unpaired) electrons. The van der Waals surface area contributed by atoms with E-state index in [1.165, 1.54) is 19.2 Å². The van der Waals surface area contributed by atoms with Gasteiger partial charge in [0.2, 0.25) is 0 Å². The number of fused-ring (bicyclic) bond motifs is 1. The summed E-state index contributed by atoms with van der Waals surface area (Å²) in [5.74, 6) is 0.666. The summed E-state index contributed by atoms with van der Waals surface area (Å²) in [5, 5.41) is 4.64. The van der Waals surface area contributed by atoms with Crippen LogP contribution >= 0.6 is 0 Å². The van der Waals surface area contributed by atoms with E-state index in [1.54, 1.807) is 11.0 Å². The number of nitrogens with zero attached hydrogens (tertiary/aromatic N) is 4. The molecule has 0 saturated carbocycles. The maximum atomic E-state index is 14.5. The highest BCUT2D eigenvalue weighted by atomic mass is 19.1. The Balaban J connectivity index is 1.75. The lowest BCUT2D eigenvalue weighted by Crippen LogP contribution is -2.45. The largest absolute Gasteiger partial charge is 0.496 e. The third kappa shape index (κ3) is 3.37. The minimum absolute atomic E-state index is 0.0445. The second kappa shape index (κ2) is 7.66. The summed E-state index contributed by atoms with van der Waals surface area (Å²) < 4.78 is 21.6. The minimum Gasteiger partial charge on any atom is -0.496 e. The van der Waals surface area contributed by atoms with Gasteiger partial charge in [-0.25, -0.2) is 14.1 Å². The average Bonchev–Trinajstić information content (AvgIpc) is 3.17. The summed E-state index contributed by atoms with van der Waals surface area (Å²) in [4.78, 5) is 19.8. The van der Waals surface area contributed by atoms with Crippen LogP contribution in [0.1, 0.15) is 36.1 Å². The van der Waals surface area contributed by atoms with Crippen molar-refractivity contribution in [2.75, 3.05) is 13.7 Å². The second-order valence-electron chi connectivity index (χ2n) is 7.39. The molecule has 1 aliphatic heterocycles. The van der Waals surface area contributed by atoms with Crippen LogP contribution in [0.4, 0.5) is 4.39 Å². The third-order valence-corrected chi connectivity index (χ3v) is 5.19. The molecule has 7 heteroatoms. The van der Waals surface area contributed by atoms with Crippen molar-refractivity contribution in [3.05, 3.63) is 65.7 Å². The molecule has 0 bridgehead atoms. The first-order chi connectivity index (χ1) is 14.0. The lowest BCUT2D eigenvalue weighted by atomic mass is 9.98. The van der Waals surface area contributed by atoms with Crippen LogP contribution in [0.25, 0.3) is 11.4 Å². The van der Waals surface area contributed by atoms with E-state index in [4.69, 9.17) is 9.72 Å². The molecule has 1 aliphatic rings. The molecule has 29 heavy (non-hydrogen) atoms. The fourth-order valence-electron chi connectivity index (χ4n) is 3.84. The molecule has 0 N–H and O–H groups in total. The quantitative estimate of drug-likeness (QED) is 0.672. The maximum Gasteiger partial charge on any atom is 0.261 e. The highest BCUT2D eigenvalue weighted by Crippen LogP contribution is 2.35. The summed E-state index contributed by atoms with van der Waals surface area (Å²) in [5.41, 5.74) is 0.877. The molecule has 0 saturated heterocycles. The van der Waals surface area contributed by atoms with Crippen LogP contribution < -0.4 is 4.74 Å². The average molecular weight is 394 g/mol. The fourth-order valence-corrected chi connectivity index (χ4v) is 3.84. The summed E-state index contributed by atoms with van der Waals surface area (Å²) in [6.07, 6.45) is 0. The lowest BCUT2D eigenvalue weighted by Gasteiger charge is -2.37. The van der Waals surface area contributed by atoms with Crippen molar-refractivity contribution in [3.8, 4) is 17.1 Å². The van der Waals surface area contributed by atoms with E-state index < -0.39 is 11.7 Å². The molecular formula is C22H23FN4O2. The van der Waals surface area contributed by atoms with Crippen molar-refractivity contribution in [2.24, 2.45) is 5.92 Å². The maximum absolute atomic E-state index is 14.5. The normalized spacial score (nSPS) is 16.0. The van der Waals surface area contributed by atoms with E-state index in [0.717, 1.165) is 5.56 Å². The second-order valence-corrected chi connectivity index (χ2v) is 7.39. The summed E-state index contributed by atoms with van der Waals surface area (Å²) >= 11 is 0. The molecule has 6 nitrogen and oxygen atoms in total. The predicted octanol–water partition coefficient (Wildman–Crippen LogP) is 3.95. The smallest absolute Gasteiger partial charge is 0.261 e. The summed E-state index contributed by atoms with van der Waals surface area (Å²) in [6.45, 7) is 4.97. The van der Waals surface area contributed by atoms with E-state index in [1.807, 2.05) is 48.9 Å². The van der Waals surface area contributed by atoms with E-state index >= 15 is 0 Å². The van der Waals surface area contributed by atoms with Crippen molar-refractivity contribution in [3.63, 3.8) is 0 Å². The lowest BCUT2D eigenvalue weighted by molar-refractivity contribution is 0.0528. The van der Waals surface area contributed by atoms with E-state index in [0.29, 0.717) is 24.7 Å². The molecule has 1 aromatic heterocycles. The highest BCUT2D eigenvalue weighted by Gasteiger charge is 2.38. The fraction of sp³-hybridized carbons (Fsp3) is 0.318. The number of amides is 1. The Labute approximate surface area is 168 Å². The Morgan fingerprint density at radius 2 is 1.90 bits per heavy atom. The molecule has 150 valence electrons. The molecule has 0 fully saturated rings. The van der Waals surface area contributed by atoms with Gasteiger partial charge >= 0.3 is 0 Å². The molecule has 4 rings (SSSR count). The number of aromatic nitrogens is 3. The number of carbonyl (C=O) groups excluding carboxylic acids is 1. The molecule has 0 unspecified atom stereocenters. The van der Waals surface area contributed by atoms with Crippen molar-refractivity contribution in [1.29, 1.82) is 0 Å². The van der Waals surface area contributed by atoms with Gasteiger partial charge in [-0.15, -0.1) is 0 Å². The van der Waals surface area contributed by atoms with Crippen molar-refractivity contribution in [1.82, 2.24) is 19.7 Å². The zero-order valence-corrected chi connectivity index (χ0v) is 16.7. The number of hydrogen-bond donors (Lipinski definition) is 0. The standard InChI is InChI=1S/C22H23FN4O2/c1-14(2)19-21-24-20(15-8-5-4-6-9-15)25-27(21)13-12-26(19)22(28)18-16(23)10-7-11-17(18)29-3/h4-11,14,19H,12-13H2,1-3H3/t19-/m0/s1. The number of benzene rings is 2. The van der Waals surface area contributed by atoms with Gasteiger partial charge in [-0.1, -0.05) is 50.2 Å². The first-order valence-electron chi connectivity index (χ1n) is 9.65. The highest BCUT2D eigenvalue weighted by molar-refractivity contribution is 5.97. The number of carbonyl (C=O) groups is 1. The van der Waals surface area contributed by atoms with Gasteiger partial charge in [0.05, 0.1) is 19.7 Å². The number of rotatable bonds is 4. The van der Waals surface area contributed by atoms with Crippen LogP contribution in [0.3, 0.4) is 0 Å². The van der Waals surface area contributed by atoms with Gasteiger partial charge in [-0.2, -0.15) is 5.10 Å². The van der Waals surface area contributed by atoms with Crippen molar-refractivity contribution < 1.29 is 13.9 Å². The number of methoxy groups -OCH3 is 1. The summed E-state index contributed by atoms with van der Waals surface area (Å²) in [7, 11) is 1.43. The topological polar surface area (TPSA) is 60.2 Å². The third-order valence-electron chi connectivity index (χ3n) is 5.19.